The predicted molar refractivity (Wildman–Crippen MR) is 104 cm³/mol. The van der Waals surface area contributed by atoms with Crippen molar-refractivity contribution in [1.29, 1.82) is 0 Å². The molecule has 1 atom stereocenters. The normalized spacial score (nSPS) is 17.5. The molecule has 0 aliphatic carbocycles. The first kappa shape index (κ1) is 19.1. The molecule has 4 nitrogen and oxygen atoms in total. The number of halogens is 4. The second-order valence-electron chi connectivity index (χ2n) is 6.93. The summed E-state index contributed by atoms with van der Waals surface area (Å²) in [4.78, 5) is 5.85. The summed E-state index contributed by atoms with van der Waals surface area (Å²) in [5.41, 5.74) is 4.33. The monoisotopic (exact) mass is 450 g/mol. The Balaban J connectivity index is 1.76. The Labute approximate surface area is 169 Å². The molecule has 0 saturated heterocycles. The highest BCUT2D eigenvalue weighted by atomic mass is 79.9. The standard InChI is InChI=1S/C20H18BrF3N4/c1-27-8-7-17(26-27)14-2-4-16-13(10-14)6-9-28(12-20(22,23)24)19(16)18-5-3-15(21)11-25-18/h2-5,7-8,10-11,19H,6,9,12H2,1H3. The molecular formula is C20H18BrF3N4. The number of alkyl halides is 3. The van der Waals surface area contributed by atoms with Crippen LogP contribution in [0.2, 0.25) is 0 Å². The SMILES string of the molecule is Cn1ccc(-c2ccc3c(c2)CCN(CC(F)(F)F)C3c2ccc(Br)cn2)n1. The summed E-state index contributed by atoms with van der Waals surface area (Å²) in [5.74, 6) is 0. The number of aryl methyl sites for hydroxylation is 1. The van der Waals surface area contributed by atoms with Gasteiger partial charge in [-0.2, -0.15) is 18.3 Å². The lowest BCUT2D eigenvalue weighted by Crippen LogP contribution is -2.42. The molecule has 0 N–H and O–H groups in total. The maximum atomic E-state index is 13.2. The van der Waals surface area contributed by atoms with Crippen molar-refractivity contribution in [3.8, 4) is 11.3 Å². The van der Waals surface area contributed by atoms with Crippen molar-refractivity contribution < 1.29 is 13.2 Å². The number of nitrogens with zero attached hydrogens (tertiary/aromatic N) is 4. The molecule has 0 amide bonds. The largest absolute Gasteiger partial charge is 0.401 e. The highest BCUT2D eigenvalue weighted by molar-refractivity contribution is 9.10. The van der Waals surface area contributed by atoms with Crippen LogP contribution in [0.4, 0.5) is 13.2 Å². The average molecular weight is 451 g/mol. The first-order valence-electron chi connectivity index (χ1n) is 8.85. The van der Waals surface area contributed by atoms with Gasteiger partial charge in [0.1, 0.15) is 0 Å². The van der Waals surface area contributed by atoms with Gasteiger partial charge in [-0.1, -0.05) is 12.1 Å². The van der Waals surface area contributed by atoms with E-state index in [1.807, 2.05) is 43.6 Å². The minimum atomic E-state index is -4.26. The maximum Gasteiger partial charge on any atom is 0.401 e. The molecule has 0 spiro atoms. The minimum absolute atomic E-state index is 0.320. The van der Waals surface area contributed by atoms with Crippen molar-refractivity contribution >= 4 is 15.9 Å². The average Bonchev–Trinajstić information content (AvgIpc) is 3.07. The van der Waals surface area contributed by atoms with E-state index in [0.717, 1.165) is 26.9 Å². The number of aromatic nitrogens is 3. The van der Waals surface area contributed by atoms with Crippen molar-refractivity contribution in [3.63, 3.8) is 0 Å². The minimum Gasteiger partial charge on any atom is -0.282 e. The zero-order valence-electron chi connectivity index (χ0n) is 15.1. The molecule has 146 valence electrons. The van der Waals surface area contributed by atoms with E-state index >= 15 is 0 Å². The fourth-order valence-corrected chi connectivity index (χ4v) is 3.94. The Hall–Kier alpha value is -2.19. The van der Waals surface area contributed by atoms with Crippen LogP contribution < -0.4 is 0 Å². The highest BCUT2D eigenvalue weighted by Gasteiger charge is 2.38. The quantitative estimate of drug-likeness (QED) is 0.576. The smallest absolute Gasteiger partial charge is 0.282 e. The molecule has 4 rings (SSSR count). The van der Waals surface area contributed by atoms with E-state index in [1.165, 1.54) is 4.90 Å². The first-order valence-corrected chi connectivity index (χ1v) is 9.64. The summed E-state index contributed by atoms with van der Waals surface area (Å²) in [6.07, 6.45) is -0.218. The second kappa shape index (κ2) is 7.33. The summed E-state index contributed by atoms with van der Waals surface area (Å²) in [6.45, 7) is -0.641. The van der Waals surface area contributed by atoms with Crippen LogP contribution in [-0.4, -0.2) is 38.9 Å². The van der Waals surface area contributed by atoms with E-state index in [4.69, 9.17) is 0 Å². The Kier molecular flexibility index (Phi) is 5.01. The van der Waals surface area contributed by atoms with Gasteiger partial charge in [-0.05, 0) is 57.7 Å². The van der Waals surface area contributed by atoms with Crippen LogP contribution in [0.25, 0.3) is 11.3 Å². The van der Waals surface area contributed by atoms with Gasteiger partial charge in [0, 0.05) is 36.0 Å². The van der Waals surface area contributed by atoms with Gasteiger partial charge >= 0.3 is 6.18 Å². The lowest BCUT2D eigenvalue weighted by molar-refractivity contribution is -0.150. The number of fused-ring (bicyclic) bond motifs is 1. The van der Waals surface area contributed by atoms with Crippen molar-refractivity contribution in [2.45, 2.75) is 18.6 Å². The van der Waals surface area contributed by atoms with Gasteiger partial charge in [0.2, 0.25) is 0 Å². The molecule has 28 heavy (non-hydrogen) atoms. The number of hydrogen-bond donors (Lipinski definition) is 0. The molecule has 2 aromatic heterocycles. The van der Waals surface area contributed by atoms with Crippen LogP contribution in [0.3, 0.4) is 0 Å². The Morgan fingerprint density at radius 3 is 2.64 bits per heavy atom. The van der Waals surface area contributed by atoms with E-state index in [-0.39, 0.29) is 0 Å². The van der Waals surface area contributed by atoms with E-state index < -0.39 is 18.8 Å². The molecule has 1 unspecified atom stereocenters. The van der Waals surface area contributed by atoms with Crippen LogP contribution in [0.15, 0.2) is 53.3 Å². The summed E-state index contributed by atoms with van der Waals surface area (Å²) < 4.78 is 42.1. The third-order valence-corrected chi connectivity index (χ3v) is 5.36. The molecule has 8 heteroatoms. The molecule has 3 aromatic rings. The fraction of sp³-hybridized carbons (Fsp3) is 0.300. The van der Waals surface area contributed by atoms with Gasteiger partial charge in [0.05, 0.1) is 24.0 Å². The molecule has 1 aliphatic heterocycles. The summed E-state index contributed by atoms with van der Waals surface area (Å²) in [5, 5.41) is 4.42. The molecule has 0 saturated carbocycles. The van der Waals surface area contributed by atoms with E-state index in [9.17, 15) is 13.2 Å². The number of pyridine rings is 1. The van der Waals surface area contributed by atoms with Crippen LogP contribution in [0.5, 0.6) is 0 Å². The Morgan fingerprint density at radius 2 is 2.00 bits per heavy atom. The molecule has 3 heterocycles. The van der Waals surface area contributed by atoms with Gasteiger partial charge in [-0.25, -0.2) is 0 Å². The van der Waals surface area contributed by atoms with Gasteiger partial charge in [-0.15, -0.1) is 0 Å². The van der Waals surface area contributed by atoms with Crippen LogP contribution in [0.1, 0.15) is 22.9 Å². The predicted octanol–water partition coefficient (Wildman–Crippen LogP) is 4.75. The maximum absolute atomic E-state index is 13.2. The van der Waals surface area contributed by atoms with E-state index in [2.05, 4.69) is 26.0 Å². The summed E-state index contributed by atoms with van der Waals surface area (Å²) in [6, 6.07) is 10.9. The number of rotatable bonds is 3. The number of hydrogen-bond acceptors (Lipinski definition) is 3. The molecule has 0 bridgehead atoms. The van der Waals surface area contributed by atoms with E-state index in [0.29, 0.717) is 18.7 Å². The lowest BCUT2D eigenvalue weighted by atomic mass is 9.88. The lowest BCUT2D eigenvalue weighted by Gasteiger charge is -2.37. The molecule has 0 fully saturated rings. The van der Waals surface area contributed by atoms with Crippen molar-refractivity contribution in [1.82, 2.24) is 19.7 Å². The topological polar surface area (TPSA) is 34.0 Å². The van der Waals surface area contributed by atoms with Crippen LogP contribution in [0, 0.1) is 0 Å². The Morgan fingerprint density at radius 1 is 1.18 bits per heavy atom. The van der Waals surface area contributed by atoms with Crippen LogP contribution >= 0.6 is 15.9 Å². The fourth-order valence-electron chi connectivity index (χ4n) is 3.70. The summed E-state index contributed by atoms with van der Waals surface area (Å²) >= 11 is 3.34. The zero-order valence-corrected chi connectivity index (χ0v) is 16.7. The van der Waals surface area contributed by atoms with Gasteiger partial charge < -0.3 is 0 Å². The number of benzene rings is 1. The Bertz CT molecular complexity index is 982. The van der Waals surface area contributed by atoms with E-state index in [1.54, 1.807) is 16.9 Å². The highest BCUT2D eigenvalue weighted by Crippen LogP contribution is 2.38. The first-order chi connectivity index (χ1) is 13.3. The third-order valence-electron chi connectivity index (χ3n) is 4.89. The molecule has 1 aromatic carbocycles. The van der Waals surface area contributed by atoms with Crippen molar-refractivity contribution in [2.75, 3.05) is 13.1 Å². The van der Waals surface area contributed by atoms with Crippen LogP contribution in [-0.2, 0) is 13.5 Å². The van der Waals surface area contributed by atoms with Gasteiger partial charge in [0.25, 0.3) is 0 Å². The second-order valence-corrected chi connectivity index (χ2v) is 7.84. The van der Waals surface area contributed by atoms with Gasteiger partial charge in [-0.3, -0.25) is 14.6 Å². The summed E-state index contributed by atoms with van der Waals surface area (Å²) in [7, 11) is 1.85. The van der Waals surface area contributed by atoms with Gasteiger partial charge in [0.15, 0.2) is 0 Å². The van der Waals surface area contributed by atoms with Crippen molar-refractivity contribution in [2.24, 2.45) is 7.05 Å². The molecule has 1 aliphatic rings. The molecular weight excluding hydrogens is 433 g/mol. The molecule has 0 radical (unpaired) electrons. The third kappa shape index (κ3) is 3.98. The zero-order chi connectivity index (χ0) is 19.9. The van der Waals surface area contributed by atoms with Crippen molar-refractivity contribution in [3.05, 3.63) is 70.1 Å².